The van der Waals surface area contributed by atoms with Gasteiger partial charge in [-0.3, -0.25) is 9.78 Å². The second-order valence-corrected chi connectivity index (χ2v) is 4.30. The predicted molar refractivity (Wildman–Crippen MR) is 68.5 cm³/mol. The molecule has 0 aliphatic carbocycles. The normalized spacial score (nSPS) is 10.1. The van der Waals surface area contributed by atoms with E-state index in [1.807, 2.05) is 0 Å². The maximum absolute atomic E-state index is 12.9. The van der Waals surface area contributed by atoms with E-state index in [0.29, 0.717) is 16.0 Å². The molecule has 92 valence electrons. The van der Waals surface area contributed by atoms with E-state index in [2.05, 4.69) is 31.2 Å². The number of hydrogen-bond donors (Lipinski definition) is 2. The molecule has 3 N–H and O–H groups in total. The molecule has 18 heavy (non-hydrogen) atoms. The summed E-state index contributed by atoms with van der Waals surface area (Å²) in [5.41, 5.74) is 6.10. The molecule has 2 aromatic rings. The van der Waals surface area contributed by atoms with Crippen molar-refractivity contribution in [2.75, 3.05) is 11.1 Å². The van der Waals surface area contributed by atoms with Gasteiger partial charge < -0.3 is 11.1 Å². The minimum Gasteiger partial charge on any atom is -0.397 e. The summed E-state index contributed by atoms with van der Waals surface area (Å²) in [6.45, 7) is 0. The van der Waals surface area contributed by atoms with Crippen LogP contribution in [0.25, 0.3) is 0 Å². The molecule has 0 bridgehead atoms. The minimum absolute atomic E-state index is 0.112. The number of pyridine rings is 2. The lowest BCUT2D eigenvalue weighted by Gasteiger charge is -2.06. The second kappa shape index (κ2) is 5.09. The van der Waals surface area contributed by atoms with E-state index >= 15 is 0 Å². The van der Waals surface area contributed by atoms with Crippen molar-refractivity contribution in [1.29, 1.82) is 0 Å². The van der Waals surface area contributed by atoms with Crippen LogP contribution in [0.3, 0.4) is 0 Å². The predicted octanol–water partition coefficient (Wildman–Crippen LogP) is 2.21. The first kappa shape index (κ1) is 12.4. The van der Waals surface area contributed by atoms with E-state index in [9.17, 15) is 9.18 Å². The molecule has 0 unspecified atom stereocenters. The highest BCUT2D eigenvalue weighted by Crippen LogP contribution is 2.22. The lowest BCUT2D eigenvalue weighted by atomic mass is 10.2. The fourth-order valence-corrected chi connectivity index (χ4v) is 1.73. The molecular weight excluding hydrogens is 303 g/mol. The first-order valence-electron chi connectivity index (χ1n) is 4.89. The number of carbonyl (C=O) groups excluding carboxylic acids is 1. The number of nitrogens with two attached hydrogens (primary N) is 1. The van der Waals surface area contributed by atoms with Gasteiger partial charge >= 0.3 is 0 Å². The third kappa shape index (κ3) is 2.80. The lowest BCUT2D eigenvalue weighted by Crippen LogP contribution is -2.14. The smallest absolute Gasteiger partial charge is 0.258 e. The number of halogens is 2. The zero-order chi connectivity index (χ0) is 13.1. The van der Waals surface area contributed by atoms with Crippen molar-refractivity contribution >= 4 is 33.3 Å². The number of carbonyl (C=O) groups is 1. The van der Waals surface area contributed by atoms with Gasteiger partial charge in [-0.05, 0) is 28.1 Å². The third-order valence-electron chi connectivity index (χ3n) is 2.06. The molecule has 7 heteroatoms. The van der Waals surface area contributed by atoms with Gasteiger partial charge in [0.25, 0.3) is 5.91 Å². The van der Waals surface area contributed by atoms with Crippen molar-refractivity contribution in [2.24, 2.45) is 0 Å². The van der Waals surface area contributed by atoms with Gasteiger partial charge in [0.15, 0.2) is 0 Å². The van der Waals surface area contributed by atoms with Crippen LogP contribution in [-0.4, -0.2) is 15.9 Å². The Morgan fingerprint density at radius 3 is 2.78 bits per heavy atom. The molecule has 2 rings (SSSR count). The van der Waals surface area contributed by atoms with Crippen molar-refractivity contribution in [2.45, 2.75) is 0 Å². The Morgan fingerprint density at radius 2 is 2.11 bits per heavy atom. The van der Waals surface area contributed by atoms with Crippen LogP contribution in [0.5, 0.6) is 0 Å². The third-order valence-corrected chi connectivity index (χ3v) is 2.67. The summed E-state index contributed by atoms with van der Waals surface area (Å²) in [5.74, 6) is -0.773. The summed E-state index contributed by atoms with van der Waals surface area (Å²) in [4.78, 5) is 19.3. The molecule has 0 atom stereocenters. The summed E-state index contributed by atoms with van der Waals surface area (Å²) < 4.78 is 13.5. The highest BCUT2D eigenvalue weighted by molar-refractivity contribution is 9.10. The molecule has 0 fully saturated rings. The summed E-state index contributed by atoms with van der Waals surface area (Å²) in [7, 11) is 0. The van der Waals surface area contributed by atoms with Gasteiger partial charge in [-0.25, -0.2) is 9.37 Å². The first-order chi connectivity index (χ1) is 8.56. The minimum atomic E-state index is -0.577. The van der Waals surface area contributed by atoms with Crippen molar-refractivity contribution in [3.8, 4) is 0 Å². The van der Waals surface area contributed by atoms with Crippen LogP contribution in [0, 0.1) is 5.82 Å². The van der Waals surface area contributed by atoms with Gasteiger partial charge in [-0.1, -0.05) is 0 Å². The number of nitrogens with one attached hydrogen (secondary N) is 1. The van der Waals surface area contributed by atoms with Gasteiger partial charge in [0, 0.05) is 6.20 Å². The number of hydrogen-bond acceptors (Lipinski definition) is 4. The van der Waals surface area contributed by atoms with Crippen molar-refractivity contribution in [1.82, 2.24) is 9.97 Å². The molecule has 1 amide bonds. The first-order valence-corrected chi connectivity index (χ1v) is 5.68. The van der Waals surface area contributed by atoms with Crippen molar-refractivity contribution in [3.63, 3.8) is 0 Å². The van der Waals surface area contributed by atoms with Crippen molar-refractivity contribution < 1.29 is 9.18 Å². The van der Waals surface area contributed by atoms with Gasteiger partial charge in [-0.15, -0.1) is 0 Å². The fourth-order valence-electron chi connectivity index (χ4n) is 1.26. The van der Waals surface area contributed by atoms with E-state index < -0.39 is 11.7 Å². The number of aromatic nitrogens is 2. The Labute approximate surface area is 110 Å². The molecule has 0 radical (unpaired) electrons. The number of amides is 1. The maximum atomic E-state index is 12.9. The monoisotopic (exact) mass is 310 g/mol. The van der Waals surface area contributed by atoms with Crippen LogP contribution in [0.1, 0.15) is 10.4 Å². The van der Waals surface area contributed by atoms with Crippen LogP contribution in [-0.2, 0) is 0 Å². The summed E-state index contributed by atoms with van der Waals surface area (Å²) in [6.07, 6.45) is 3.70. The standard InChI is InChI=1S/C11H8BrFN4O/c12-9-2-8(14)5-16-10(9)17-11(18)6-1-7(13)4-15-3-6/h1-5H,14H2,(H,16,17,18). The average molecular weight is 311 g/mol. The highest BCUT2D eigenvalue weighted by Gasteiger charge is 2.10. The zero-order valence-electron chi connectivity index (χ0n) is 9.02. The Morgan fingerprint density at radius 1 is 1.33 bits per heavy atom. The molecule has 0 aliphatic rings. The Balaban J connectivity index is 2.21. The van der Waals surface area contributed by atoms with E-state index in [0.717, 1.165) is 12.3 Å². The van der Waals surface area contributed by atoms with Gasteiger partial charge in [0.2, 0.25) is 0 Å². The van der Waals surface area contributed by atoms with E-state index in [1.54, 1.807) is 6.07 Å². The maximum Gasteiger partial charge on any atom is 0.258 e. The largest absolute Gasteiger partial charge is 0.397 e. The summed E-state index contributed by atoms with van der Waals surface area (Å²) in [6, 6.07) is 2.69. The van der Waals surface area contributed by atoms with Crippen LogP contribution in [0.4, 0.5) is 15.9 Å². The van der Waals surface area contributed by atoms with Gasteiger partial charge in [0.05, 0.1) is 28.1 Å². The van der Waals surface area contributed by atoms with Gasteiger partial charge in [0.1, 0.15) is 11.6 Å². The van der Waals surface area contributed by atoms with Crippen LogP contribution in [0.15, 0.2) is 35.2 Å². The SMILES string of the molecule is Nc1cnc(NC(=O)c2cncc(F)c2)c(Br)c1. The molecule has 0 aliphatic heterocycles. The van der Waals surface area contributed by atoms with Crippen molar-refractivity contribution in [3.05, 3.63) is 46.6 Å². The number of nitrogen functional groups attached to an aromatic ring is 1. The number of rotatable bonds is 2. The topological polar surface area (TPSA) is 80.9 Å². The Hall–Kier alpha value is -2.02. The molecule has 2 aromatic heterocycles. The lowest BCUT2D eigenvalue weighted by molar-refractivity contribution is 0.102. The Bertz CT molecular complexity index is 605. The van der Waals surface area contributed by atoms with E-state index in [-0.39, 0.29) is 5.56 Å². The quantitative estimate of drug-likeness (QED) is 0.891. The fraction of sp³-hybridized carbons (Fsp3) is 0. The van der Waals surface area contributed by atoms with Gasteiger partial charge in [-0.2, -0.15) is 0 Å². The number of anilines is 2. The van der Waals surface area contributed by atoms with E-state index in [4.69, 9.17) is 5.73 Å². The number of nitrogens with zero attached hydrogens (tertiary/aromatic N) is 2. The molecule has 2 heterocycles. The molecule has 0 spiro atoms. The molecular formula is C11H8BrFN4O. The zero-order valence-corrected chi connectivity index (χ0v) is 10.6. The average Bonchev–Trinajstić information content (AvgIpc) is 2.32. The highest BCUT2D eigenvalue weighted by atomic mass is 79.9. The summed E-state index contributed by atoms with van der Waals surface area (Å²) in [5, 5.41) is 2.52. The molecule has 0 aromatic carbocycles. The second-order valence-electron chi connectivity index (χ2n) is 3.45. The Kier molecular flexibility index (Phi) is 3.52. The van der Waals surface area contributed by atoms with Crippen LogP contribution in [0.2, 0.25) is 0 Å². The van der Waals surface area contributed by atoms with E-state index in [1.165, 1.54) is 12.4 Å². The van der Waals surface area contributed by atoms with Crippen LogP contribution >= 0.6 is 15.9 Å². The van der Waals surface area contributed by atoms with Crippen LogP contribution < -0.4 is 11.1 Å². The molecule has 0 saturated carbocycles. The molecule has 5 nitrogen and oxygen atoms in total. The molecule has 0 saturated heterocycles. The summed E-state index contributed by atoms with van der Waals surface area (Å²) >= 11 is 3.22.